The van der Waals surface area contributed by atoms with Crippen LogP contribution in [0.3, 0.4) is 0 Å². The van der Waals surface area contributed by atoms with E-state index in [0.717, 1.165) is 0 Å². The Kier molecular flexibility index (Phi) is 4.77. The van der Waals surface area contributed by atoms with Crippen molar-refractivity contribution in [3.05, 3.63) is 16.4 Å². The minimum absolute atomic E-state index is 0.396. The van der Waals surface area contributed by atoms with E-state index in [9.17, 15) is 20.3 Å². The molecule has 1 aliphatic rings. The summed E-state index contributed by atoms with van der Waals surface area (Å²) in [5.74, 6) is 0.588. The molecule has 3 rings (SSSR count). The standard InChI is InChI=1S/C13H18N6O5S/c1-17(2)10-7-11(16-13(15-10)25-3)18(5-14-7)12-9(21)8(19(22)23)6(4-20)24-12/h5-6,8-9,12,20-21H,4H2,1-3H3. The van der Waals surface area contributed by atoms with Gasteiger partial charge in [0, 0.05) is 19.0 Å². The molecular formula is C13H18N6O5S. The highest BCUT2D eigenvalue weighted by Gasteiger charge is 2.52. The molecule has 2 N–H and O–H groups in total. The van der Waals surface area contributed by atoms with Gasteiger partial charge in [0.15, 0.2) is 40.6 Å². The number of thioether (sulfide) groups is 1. The van der Waals surface area contributed by atoms with Crippen molar-refractivity contribution >= 4 is 28.7 Å². The zero-order valence-corrected chi connectivity index (χ0v) is 14.6. The number of ether oxygens (including phenoxy) is 1. The number of aliphatic hydroxyl groups is 2. The van der Waals surface area contributed by atoms with Gasteiger partial charge in [-0.2, -0.15) is 0 Å². The van der Waals surface area contributed by atoms with Crippen LogP contribution in [0.25, 0.3) is 11.2 Å². The summed E-state index contributed by atoms with van der Waals surface area (Å²) in [4.78, 5) is 25.4. The first-order valence-electron chi connectivity index (χ1n) is 7.42. The van der Waals surface area contributed by atoms with Crippen molar-refractivity contribution < 1.29 is 19.9 Å². The largest absolute Gasteiger partial charge is 0.393 e. The first-order valence-corrected chi connectivity index (χ1v) is 8.65. The summed E-state index contributed by atoms with van der Waals surface area (Å²) >= 11 is 1.34. The molecule has 11 nitrogen and oxygen atoms in total. The molecule has 0 saturated carbocycles. The summed E-state index contributed by atoms with van der Waals surface area (Å²) in [5.41, 5.74) is 0.886. The van der Waals surface area contributed by atoms with Crippen molar-refractivity contribution in [2.45, 2.75) is 29.6 Å². The monoisotopic (exact) mass is 370 g/mol. The lowest BCUT2D eigenvalue weighted by Gasteiger charge is -2.17. The zero-order valence-electron chi connectivity index (χ0n) is 13.8. The van der Waals surface area contributed by atoms with E-state index in [2.05, 4.69) is 15.0 Å². The second-order valence-corrected chi connectivity index (χ2v) is 6.54. The molecule has 1 saturated heterocycles. The second kappa shape index (κ2) is 6.71. The van der Waals surface area contributed by atoms with Crippen molar-refractivity contribution in [2.24, 2.45) is 0 Å². The molecule has 0 bridgehead atoms. The molecule has 12 heteroatoms. The number of hydrogen-bond acceptors (Lipinski definition) is 10. The van der Waals surface area contributed by atoms with Crippen molar-refractivity contribution in [2.75, 3.05) is 31.9 Å². The molecule has 4 atom stereocenters. The van der Waals surface area contributed by atoms with Crippen molar-refractivity contribution in [3.63, 3.8) is 0 Å². The lowest BCUT2D eigenvalue weighted by atomic mass is 10.1. The minimum Gasteiger partial charge on any atom is -0.393 e. The fourth-order valence-corrected chi connectivity index (χ4v) is 3.20. The maximum absolute atomic E-state index is 11.2. The highest BCUT2D eigenvalue weighted by molar-refractivity contribution is 7.98. The first kappa shape index (κ1) is 17.8. The average Bonchev–Trinajstić information content (AvgIpc) is 3.13. The Balaban J connectivity index is 2.10. The van der Waals surface area contributed by atoms with E-state index in [1.54, 1.807) is 4.90 Å². The number of hydrogen-bond donors (Lipinski definition) is 2. The van der Waals surface area contributed by atoms with Crippen molar-refractivity contribution in [1.82, 2.24) is 19.5 Å². The van der Waals surface area contributed by atoms with Gasteiger partial charge < -0.3 is 19.8 Å². The van der Waals surface area contributed by atoms with Gasteiger partial charge in [-0.25, -0.2) is 15.0 Å². The molecule has 2 aromatic rings. The molecule has 0 amide bonds. The van der Waals surface area contributed by atoms with Gasteiger partial charge in [-0.15, -0.1) is 0 Å². The summed E-state index contributed by atoms with van der Waals surface area (Å²) in [7, 11) is 3.63. The number of fused-ring (bicyclic) bond motifs is 1. The SMILES string of the molecule is CSc1nc(N(C)C)c2ncn(C3OC(CO)C([N+](=O)[O-])C3O)c2n1. The van der Waals surface area contributed by atoms with Crippen LogP contribution >= 0.6 is 11.8 Å². The summed E-state index contributed by atoms with van der Waals surface area (Å²) in [6.45, 7) is -0.570. The van der Waals surface area contributed by atoms with Gasteiger partial charge in [-0.3, -0.25) is 14.7 Å². The molecular weight excluding hydrogens is 352 g/mol. The summed E-state index contributed by atoms with van der Waals surface area (Å²) in [6, 6.07) is -1.43. The van der Waals surface area contributed by atoms with Crippen LogP contribution in [-0.4, -0.2) is 79.9 Å². The number of aromatic nitrogens is 4. The molecule has 1 fully saturated rings. The van der Waals surface area contributed by atoms with E-state index >= 15 is 0 Å². The quantitative estimate of drug-likeness (QED) is 0.307. The Morgan fingerprint density at radius 1 is 1.48 bits per heavy atom. The number of nitrogens with zero attached hydrogens (tertiary/aromatic N) is 6. The number of rotatable bonds is 5. The normalized spacial score (nSPS) is 26.3. The summed E-state index contributed by atoms with van der Waals surface area (Å²) in [5, 5.41) is 31.4. The molecule has 0 aromatic carbocycles. The number of anilines is 1. The lowest BCUT2D eigenvalue weighted by Crippen LogP contribution is -2.40. The van der Waals surface area contributed by atoms with E-state index in [4.69, 9.17) is 4.74 Å². The van der Waals surface area contributed by atoms with E-state index in [-0.39, 0.29) is 0 Å². The highest BCUT2D eigenvalue weighted by Crippen LogP contribution is 2.34. The van der Waals surface area contributed by atoms with Crippen LogP contribution < -0.4 is 4.90 Å². The first-order chi connectivity index (χ1) is 11.9. The highest BCUT2D eigenvalue weighted by atomic mass is 32.2. The van der Waals surface area contributed by atoms with Gasteiger partial charge in [0.25, 0.3) is 6.04 Å². The average molecular weight is 370 g/mol. The maximum atomic E-state index is 11.2. The van der Waals surface area contributed by atoms with Crippen LogP contribution in [0.4, 0.5) is 5.82 Å². The smallest absolute Gasteiger partial charge is 0.271 e. The Morgan fingerprint density at radius 2 is 2.20 bits per heavy atom. The molecule has 4 unspecified atom stereocenters. The lowest BCUT2D eigenvalue weighted by molar-refractivity contribution is -0.536. The molecule has 2 aromatic heterocycles. The van der Waals surface area contributed by atoms with Gasteiger partial charge in [0.1, 0.15) is 0 Å². The third-order valence-electron chi connectivity index (χ3n) is 4.02. The van der Waals surface area contributed by atoms with Crippen LogP contribution in [0.1, 0.15) is 6.23 Å². The van der Waals surface area contributed by atoms with E-state index in [1.165, 1.54) is 22.7 Å². The Bertz CT molecular complexity index is 799. The molecule has 136 valence electrons. The molecule has 0 radical (unpaired) electrons. The third kappa shape index (κ3) is 2.90. The van der Waals surface area contributed by atoms with Crippen LogP contribution in [0.5, 0.6) is 0 Å². The number of nitro groups is 1. The molecule has 3 heterocycles. The topological polar surface area (TPSA) is 140 Å². The van der Waals surface area contributed by atoms with E-state index in [0.29, 0.717) is 22.1 Å². The molecule has 25 heavy (non-hydrogen) atoms. The van der Waals surface area contributed by atoms with Crippen molar-refractivity contribution in [3.8, 4) is 0 Å². The molecule has 1 aliphatic heterocycles. The number of aliphatic hydroxyl groups excluding tert-OH is 2. The van der Waals surface area contributed by atoms with Crippen LogP contribution in [0, 0.1) is 10.1 Å². The van der Waals surface area contributed by atoms with E-state index < -0.39 is 36.0 Å². The van der Waals surface area contributed by atoms with Gasteiger partial charge in [-0.05, 0) is 6.26 Å². The zero-order chi connectivity index (χ0) is 18.3. The predicted octanol–water partition coefficient (Wildman–Crippen LogP) is -0.490. The Labute approximate surface area is 146 Å². The minimum atomic E-state index is -1.44. The fraction of sp³-hybridized carbons (Fsp3) is 0.615. The third-order valence-corrected chi connectivity index (χ3v) is 4.57. The van der Waals surface area contributed by atoms with Crippen LogP contribution in [0.2, 0.25) is 0 Å². The predicted molar refractivity (Wildman–Crippen MR) is 89.2 cm³/mol. The summed E-state index contributed by atoms with van der Waals surface area (Å²) < 4.78 is 6.97. The molecule has 0 aliphatic carbocycles. The fourth-order valence-electron chi connectivity index (χ4n) is 2.84. The van der Waals surface area contributed by atoms with Crippen LogP contribution in [-0.2, 0) is 4.74 Å². The number of imidazole rings is 1. The van der Waals surface area contributed by atoms with Gasteiger partial charge in [0.2, 0.25) is 0 Å². The summed E-state index contributed by atoms with van der Waals surface area (Å²) in [6.07, 6.45) is -0.395. The van der Waals surface area contributed by atoms with Gasteiger partial charge in [0.05, 0.1) is 12.9 Å². The second-order valence-electron chi connectivity index (χ2n) is 5.77. The van der Waals surface area contributed by atoms with Crippen molar-refractivity contribution in [1.29, 1.82) is 0 Å². The molecule has 0 spiro atoms. The van der Waals surface area contributed by atoms with E-state index in [1.807, 2.05) is 20.4 Å². The Hall–Kier alpha value is -2.02. The maximum Gasteiger partial charge on any atom is 0.271 e. The van der Waals surface area contributed by atoms with Gasteiger partial charge >= 0.3 is 0 Å². The van der Waals surface area contributed by atoms with Crippen LogP contribution in [0.15, 0.2) is 11.5 Å². The van der Waals surface area contributed by atoms with Gasteiger partial charge in [-0.1, -0.05) is 11.8 Å². The Morgan fingerprint density at radius 3 is 2.72 bits per heavy atom.